The van der Waals surface area contributed by atoms with E-state index in [0.29, 0.717) is 23.6 Å². The predicted octanol–water partition coefficient (Wildman–Crippen LogP) is 3.40. The van der Waals surface area contributed by atoms with E-state index in [-0.39, 0.29) is 5.91 Å². The van der Waals surface area contributed by atoms with Gasteiger partial charge in [0.15, 0.2) is 0 Å². The van der Waals surface area contributed by atoms with Crippen molar-refractivity contribution in [3.8, 4) is 11.5 Å². The van der Waals surface area contributed by atoms with E-state index in [2.05, 4.69) is 12.2 Å². The molecule has 0 saturated carbocycles. The molecule has 0 radical (unpaired) electrons. The maximum absolute atomic E-state index is 12.0. The Bertz CT molecular complexity index is 396. The van der Waals surface area contributed by atoms with Gasteiger partial charge in [0.1, 0.15) is 11.5 Å². The molecule has 4 heteroatoms. The van der Waals surface area contributed by atoms with Gasteiger partial charge in [0.2, 0.25) is 0 Å². The molecule has 0 saturated heterocycles. The summed E-state index contributed by atoms with van der Waals surface area (Å²) < 4.78 is 10.3. The van der Waals surface area contributed by atoms with Crippen LogP contribution in [0.5, 0.6) is 11.5 Å². The van der Waals surface area contributed by atoms with Crippen molar-refractivity contribution in [2.75, 3.05) is 20.8 Å². The van der Waals surface area contributed by atoms with Crippen molar-refractivity contribution in [3.05, 3.63) is 23.8 Å². The number of hydrogen-bond acceptors (Lipinski definition) is 3. The Kier molecular flexibility index (Phi) is 7.55. The lowest BCUT2D eigenvalue weighted by molar-refractivity contribution is 0.0952. The monoisotopic (exact) mass is 279 g/mol. The van der Waals surface area contributed by atoms with Crippen molar-refractivity contribution in [1.29, 1.82) is 0 Å². The summed E-state index contributed by atoms with van der Waals surface area (Å²) in [5.41, 5.74) is 0.565. The Morgan fingerprint density at radius 2 is 1.60 bits per heavy atom. The molecule has 0 fully saturated rings. The maximum Gasteiger partial charge on any atom is 0.251 e. The number of benzene rings is 1. The molecular weight excluding hydrogens is 254 g/mol. The molecule has 112 valence electrons. The van der Waals surface area contributed by atoms with Gasteiger partial charge < -0.3 is 14.8 Å². The number of methoxy groups -OCH3 is 2. The van der Waals surface area contributed by atoms with Gasteiger partial charge in [-0.25, -0.2) is 0 Å². The van der Waals surface area contributed by atoms with E-state index in [1.165, 1.54) is 19.3 Å². The van der Waals surface area contributed by atoms with Crippen molar-refractivity contribution in [3.63, 3.8) is 0 Å². The van der Waals surface area contributed by atoms with E-state index in [0.717, 1.165) is 12.8 Å². The molecule has 0 heterocycles. The third-order valence-corrected chi connectivity index (χ3v) is 3.18. The van der Waals surface area contributed by atoms with Crippen LogP contribution in [0, 0.1) is 0 Å². The first kappa shape index (κ1) is 16.3. The second-order valence-electron chi connectivity index (χ2n) is 4.77. The van der Waals surface area contributed by atoms with Crippen LogP contribution in [-0.4, -0.2) is 26.7 Å². The average molecular weight is 279 g/mol. The maximum atomic E-state index is 12.0. The fourth-order valence-electron chi connectivity index (χ4n) is 1.97. The summed E-state index contributed by atoms with van der Waals surface area (Å²) in [6, 6.07) is 5.19. The summed E-state index contributed by atoms with van der Waals surface area (Å²) in [7, 11) is 3.15. The zero-order valence-electron chi connectivity index (χ0n) is 12.7. The summed E-state index contributed by atoms with van der Waals surface area (Å²) in [5.74, 6) is 1.16. The summed E-state index contributed by atoms with van der Waals surface area (Å²) >= 11 is 0. The average Bonchev–Trinajstić information content (AvgIpc) is 2.49. The van der Waals surface area contributed by atoms with E-state index in [9.17, 15) is 4.79 Å². The number of hydrogen-bond donors (Lipinski definition) is 1. The van der Waals surface area contributed by atoms with Gasteiger partial charge in [0.25, 0.3) is 5.91 Å². The van der Waals surface area contributed by atoms with Crippen LogP contribution in [0.3, 0.4) is 0 Å². The zero-order chi connectivity index (χ0) is 14.8. The first-order valence-corrected chi connectivity index (χ1v) is 7.22. The van der Waals surface area contributed by atoms with Gasteiger partial charge in [-0.3, -0.25) is 4.79 Å². The highest BCUT2D eigenvalue weighted by Crippen LogP contribution is 2.22. The number of ether oxygens (including phenoxy) is 2. The van der Waals surface area contributed by atoms with Crippen LogP contribution < -0.4 is 14.8 Å². The number of carbonyl (C=O) groups is 1. The van der Waals surface area contributed by atoms with Crippen LogP contribution in [0.2, 0.25) is 0 Å². The SMILES string of the molecule is CCCCCCCNC(=O)c1cc(OC)cc(OC)c1. The van der Waals surface area contributed by atoms with Crippen molar-refractivity contribution >= 4 is 5.91 Å². The highest BCUT2D eigenvalue weighted by molar-refractivity contribution is 5.95. The molecule has 20 heavy (non-hydrogen) atoms. The van der Waals surface area contributed by atoms with E-state index in [1.54, 1.807) is 32.4 Å². The first-order chi connectivity index (χ1) is 9.71. The van der Waals surface area contributed by atoms with Gasteiger partial charge in [-0.2, -0.15) is 0 Å². The molecule has 0 aliphatic carbocycles. The Morgan fingerprint density at radius 1 is 1.00 bits per heavy atom. The molecule has 4 nitrogen and oxygen atoms in total. The number of rotatable bonds is 9. The molecule has 0 unspecified atom stereocenters. The minimum Gasteiger partial charge on any atom is -0.497 e. The molecule has 0 aromatic heterocycles. The van der Waals surface area contributed by atoms with Crippen LogP contribution in [0.1, 0.15) is 49.4 Å². The predicted molar refractivity (Wildman–Crippen MR) is 80.6 cm³/mol. The van der Waals surface area contributed by atoms with Gasteiger partial charge in [0, 0.05) is 18.2 Å². The lowest BCUT2D eigenvalue weighted by Crippen LogP contribution is -2.24. The number of nitrogens with one attached hydrogen (secondary N) is 1. The standard InChI is InChI=1S/C16H25NO3/c1-4-5-6-7-8-9-17-16(18)13-10-14(19-2)12-15(11-13)20-3/h10-12H,4-9H2,1-3H3,(H,17,18). The molecule has 1 aromatic carbocycles. The molecule has 1 amide bonds. The van der Waals surface area contributed by atoms with Gasteiger partial charge in [-0.1, -0.05) is 32.6 Å². The van der Waals surface area contributed by atoms with E-state index >= 15 is 0 Å². The van der Waals surface area contributed by atoms with Gasteiger partial charge >= 0.3 is 0 Å². The van der Waals surface area contributed by atoms with Gasteiger partial charge in [-0.15, -0.1) is 0 Å². The molecule has 1 aromatic rings. The Balaban J connectivity index is 2.46. The number of unbranched alkanes of at least 4 members (excludes halogenated alkanes) is 4. The number of amides is 1. The molecule has 0 atom stereocenters. The van der Waals surface area contributed by atoms with E-state index in [4.69, 9.17) is 9.47 Å². The van der Waals surface area contributed by atoms with Gasteiger partial charge in [0.05, 0.1) is 14.2 Å². The minimum atomic E-state index is -0.0855. The fourth-order valence-corrected chi connectivity index (χ4v) is 1.97. The second-order valence-corrected chi connectivity index (χ2v) is 4.77. The molecule has 0 aliphatic heterocycles. The molecule has 1 rings (SSSR count). The van der Waals surface area contributed by atoms with E-state index in [1.807, 2.05) is 0 Å². The Morgan fingerprint density at radius 3 is 2.15 bits per heavy atom. The largest absolute Gasteiger partial charge is 0.497 e. The highest BCUT2D eigenvalue weighted by Gasteiger charge is 2.09. The second kappa shape index (κ2) is 9.23. The highest BCUT2D eigenvalue weighted by atomic mass is 16.5. The fraction of sp³-hybridized carbons (Fsp3) is 0.562. The smallest absolute Gasteiger partial charge is 0.251 e. The van der Waals surface area contributed by atoms with Crippen molar-refractivity contribution in [1.82, 2.24) is 5.32 Å². The molecule has 0 spiro atoms. The molecule has 0 aliphatic rings. The van der Waals surface area contributed by atoms with Crippen LogP contribution in [0.4, 0.5) is 0 Å². The summed E-state index contributed by atoms with van der Waals surface area (Å²) in [6.07, 6.45) is 5.92. The minimum absolute atomic E-state index is 0.0855. The summed E-state index contributed by atoms with van der Waals surface area (Å²) in [4.78, 5) is 12.0. The topological polar surface area (TPSA) is 47.6 Å². The Labute approximate surface area is 121 Å². The molecular formula is C16H25NO3. The Hall–Kier alpha value is -1.71. The lowest BCUT2D eigenvalue weighted by atomic mass is 10.1. The van der Waals surface area contributed by atoms with Crippen molar-refractivity contribution in [2.45, 2.75) is 39.0 Å². The third kappa shape index (κ3) is 5.51. The van der Waals surface area contributed by atoms with Crippen LogP contribution in [0.25, 0.3) is 0 Å². The summed E-state index contributed by atoms with van der Waals surface area (Å²) in [5, 5.41) is 2.93. The molecule has 1 N–H and O–H groups in total. The van der Waals surface area contributed by atoms with Crippen LogP contribution in [-0.2, 0) is 0 Å². The first-order valence-electron chi connectivity index (χ1n) is 7.22. The normalized spacial score (nSPS) is 10.2. The van der Waals surface area contributed by atoms with E-state index < -0.39 is 0 Å². The quantitative estimate of drug-likeness (QED) is 0.705. The van der Waals surface area contributed by atoms with Crippen LogP contribution >= 0.6 is 0 Å². The zero-order valence-corrected chi connectivity index (χ0v) is 12.7. The number of carbonyl (C=O) groups excluding carboxylic acids is 1. The summed E-state index contributed by atoms with van der Waals surface area (Å²) in [6.45, 7) is 2.90. The third-order valence-electron chi connectivity index (χ3n) is 3.18. The lowest BCUT2D eigenvalue weighted by Gasteiger charge is -2.09. The van der Waals surface area contributed by atoms with Crippen molar-refractivity contribution < 1.29 is 14.3 Å². The van der Waals surface area contributed by atoms with Crippen molar-refractivity contribution in [2.24, 2.45) is 0 Å². The molecule has 0 bridgehead atoms. The van der Waals surface area contributed by atoms with Crippen LogP contribution in [0.15, 0.2) is 18.2 Å². The van der Waals surface area contributed by atoms with Gasteiger partial charge in [-0.05, 0) is 18.6 Å².